The molecule has 0 N–H and O–H groups in total. The van der Waals surface area contributed by atoms with E-state index in [1.165, 1.54) is 24.2 Å². The third-order valence-electron chi connectivity index (χ3n) is 9.07. The first kappa shape index (κ1) is 31.2. The average molecular weight is 559 g/mol. The third-order valence-corrected chi connectivity index (χ3v) is 11.3. The van der Waals surface area contributed by atoms with Crippen molar-refractivity contribution in [2.45, 2.75) is 111 Å². The van der Waals surface area contributed by atoms with E-state index in [4.69, 9.17) is 18.5 Å². The van der Waals surface area contributed by atoms with Crippen LogP contribution in [0.2, 0.25) is 0 Å². The van der Waals surface area contributed by atoms with E-state index in [1.807, 2.05) is 0 Å². The zero-order chi connectivity index (χ0) is 28.2. The molecule has 2 amide bonds. The predicted octanol–water partition coefficient (Wildman–Crippen LogP) is 7.31. The average Bonchev–Trinajstić information content (AvgIpc) is 2.87. The molecule has 220 valence electrons. The summed E-state index contributed by atoms with van der Waals surface area (Å²) in [5, 5.41) is 2.47. The van der Waals surface area contributed by atoms with E-state index in [1.54, 1.807) is 0 Å². The third kappa shape index (κ3) is 7.06. The van der Waals surface area contributed by atoms with Crippen molar-refractivity contribution in [2.24, 2.45) is 35.5 Å². The Morgan fingerprint density at radius 2 is 1.24 bits per heavy atom. The van der Waals surface area contributed by atoms with Gasteiger partial charge in [0.2, 0.25) is 0 Å². The molecule has 2 aliphatic carbocycles. The van der Waals surface area contributed by atoms with Gasteiger partial charge in [-0.25, -0.2) is 14.6 Å². The lowest BCUT2D eigenvalue weighted by Crippen LogP contribution is -2.59. The minimum absolute atomic E-state index is 0.228. The molecule has 7 unspecified atom stereocenters. The normalized spacial score (nSPS) is 32.9. The molecule has 38 heavy (non-hydrogen) atoms. The van der Waals surface area contributed by atoms with Crippen LogP contribution in [0.15, 0.2) is 0 Å². The monoisotopic (exact) mass is 558 g/mol. The number of carbonyl (C=O) groups is 2. The second-order valence-electron chi connectivity index (χ2n) is 12.5. The molecular formula is C28H51N2O7P. The molecule has 3 aliphatic rings. The Morgan fingerprint density at radius 3 is 1.68 bits per heavy atom. The second kappa shape index (κ2) is 13.4. The van der Waals surface area contributed by atoms with E-state index in [9.17, 15) is 14.2 Å². The van der Waals surface area contributed by atoms with Gasteiger partial charge in [-0.15, -0.1) is 0 Å². The Hall–Kier alpha value is -1.31. The second-order valence-corrected chi connectivity index (χ2v) is 14.9. The van der Waals surface area contributed by atoms with E-state index in [0.29, 0.717) is 36.5 Å². The number of nitrogens with zero attached hydrogens (tertiary/aromatic N) is 2. The molecule has 0 radical (unpaired) electrons. The summed E-state index contributed by atoms with van der Waals surface area (Å²) in [7, 11) is -1.14. The summed E-state index contributed by atoms with van der Waals surface area (Å²) in [6.45, 7) is 13.2. The van der Waals surface area contributed by atoms with Gasteiger partial charge >= 0.3 is 19.8 Å². The van der Waals surface area contributed by atoms with Gasteiger partial charge in [0.25, 0.3) is 0 Å². The summed E-state index contributed by atoms with van der Waals surface area (Å²) in [6.07, 6.45) is 4.85. The van der Waals surface area contributed by atoms with Gasteiger partial charge in [-0.2, -0.15) is 5.01 Å². The van der Waals surface area contributed by atoms with Crippen LogP contribution in [0.5, 0.6) is 0 Å². The number of ether oxygens (including phenoxy) is 2. The Kier molecular flexibility index (Phi) is 11.0. The maximum atomic E-state index is 13.9. The summed E-state index contributed by atoms with van der Waals surface area (Å²) in [5.41, 5.74) is 0. The van der Waals surface area contributed by atoms with Crippen LogP contribution in [0, 0.1) is 35.5 Å². The molecule has 1 heterocycles. The van der Waals surface area contributed by atoms with Crippen molar-refractivity contribution >= 4 is 19.8 Å². The number of rotatable bonds is 7. The van der Waals surface area contributed by atoms with Gasteiger partial charge in [0.15, 0.2) is 5.78 Å². The summed E-state index contributed by atoms with van der Waals surface area (Å²) in [6, 6.07) is 0. The van der Waals surface area contributed by atoms with Gasteiger partial charge in [0.1, 0.15) is 12.2 Å². The lowest BCUT2D eigenvalue weighted by molar-refractivity contribution is -0.0919. The molecule has 3 rings (SSSR count). The first-order chi connectivity index (χ1) is 17.9. The van der Waals surface area contributed by atoms with Crippen molar-refractivity contribution in [2.75, 3.05) is 20.8 Å². The van der Waals surface area contributed by atoms with Crippen molar-refractivity contribution in [3.8, 4) is 0 Å². The summed E-state index contributed by atoms with van der Waals surface area (Å²) in [4.78, 5) is 27.6. The van der Waals surface area contributed by atoms with E-state index in [-0.39, 0.29) is 30.6 Å². The van der Waals surface area contributed by atoms with Crippen molar-refractivity contribution in [1.29, 1.82) is 0 Å². The highest BCUT2D eigenvalue weighted by atomic mass is 31.2. The number of amides is 2. The van der Waals surface area contributed by atoms with Crippen molar-refractivity contribution in [1.82, 2.24) is 10.0 Å². The summed E-state index contributed by atoms with van der Waals surface area (Å²) in [5.74, 6) is 1.13. The lowest BCUT2D eigenvalue weighted by atomic mass is 9.75. The lowest BCUT2D eigenvalue weighted by Gasteiger charge is -2.46. The zero-order valence-electron chi connectivity index (χ0n) is 24.8. The highest BCUT2D eigenvalue weighted by molar-refractivity contribution is 7.54. The van der Waals surface area contributed by atoms with Crippen LogP contribution in [0.3, 0.4) is 0 Å². The smallest absolute Gasteiger partial charge is 0.430 e. The molecule has 10 heteroatoms. The van der Waals surface area contributed by atoms with Crippen LogP contribution >= 0.6 is 7.60 Å². The molecule has 0 aromatic carbocycles. The quantitative estimate of drug-likeness (QED) is 0.302. The number of hydrogen-bond acceptors (Lipinski definition) is 7. The van der Waals surface area contributed by atoms with Crippen LogP contribution < -0.4 is 0 Å². The van der Waals surface area contributed by atoms with E-state index in [2.05, 4.69) is 41.5 Å². The van der Waals surface area contributed by atoms with Gasteiger partial charge < -0.3 is 18.5 Å². The van der Waals surface area contributed by atoms with Crippen LogP contribution in [0.25, 0.3) is 0 Å². The van der Waals surface area contributed by atoms with Gasteiger partial charge in [0, 0.05) is 20.8 Å². The minimum Gasteiger partial charge on any atom is -0.445 e. The fourth-order valence-electron chi connectivity index (χ4n) is 6.70. The van der Waals surface area contributed by atoms with Crippen LogP contribution in [0.4, 0.5) is 9.59 Å². The first-order valence-corrected chi connectivity index (χ1v) is 16.2. The first-order valence-electron chi connectivity index (χ1n) is 14.6. The molecule has 1 saturated heterocycles. The van der Waals surface area contributed by atoms with E-state index in [0.717, 1.165) is 38.5 Å². The molecule has 7 atom stereocenters. The molecule has 0 aromatic rings. The molecule has 9 nitrogen and oxygen atoms in total. The summed E-state index contributed by atoms with van der Waals surface area (Å²) < 4.78 is 36.5. The van der Waals surface area contributed by atoms with Crippen LogP contribution in [-0.2, 0) is 23.1 Å². The molecular weight excluding hydrogens is 507 g/mol. The molecule has 2 saturated carbocycles. The van der Waals surface area contributed by atoms with Crippen molar-refractivity contribution in [3.05, 3.63) is 0 Å². The predicted molar refractivity (Wildman–Crippen MR) is 146 cm³/mol. The standard InChI is InChI=1S/C28H51N2O7P/c1-18(2)22-13-11-20(5)16-24(22)36-27(31)29-15-9-10-26(38(33,34-7)35-8)30(29)28(32)37-25-17-21(6)12-14-23(25)19(3)4/h18-26H,9-17H2,1-8H3. The largest absolute Gasteiger partial charge is 0.445 e. The van der Waals surface area contributed by atoms with E-state index >= 15 is 0 Å². The maximum Gasteiger partial charge on any atom is 0.430 e. The number of carbonyl (C=O) groups excluding carboxylic acids is 2. The van der Waals surface area contributed by atoms with Crippen molar-refractivity contribution in [3.63, 3.8) is 0 Å². The van der Waals surface area contributed by atoms with E-state index < -0.39 is 25.6 Å². The van der Waals surface area contributed by atoms with Crippen LogP contribution in [-0.4, -0.2) is 61.0 Å². The fraction of sp³-hybridized carbons (Fsp3) is 0.929. The highest BCUT2D eigenvalue weighted by Crippen LogP contribution is 2.56. The maximum absolute atomic E-state index is 13.9. The fourth-order valence-corrected chi connectivity index (χ4v) is 8.32. The van der Waals surface area contributed by atoms with Gasteiger partial charge in [-0.3, -0.25) is 4.57 Å². The molecule has 1 aliphatic heterocycles. The Labute approximate surface area is 229 Å². The molecule has 3 fully saturated rings. The van der Waals surface area contributed by atoms with Gasteiger partial charge in [0.05, 0.1) is 0 Å². The Balaban J connectivity index is 1.89. The molecule has 0 bridgehead atoms. The zero-order valence-corrected chi connectivity index (χ0v) is 25.7. The Bertz CT molecular complexity index is 845. The SMILES string of the molecule is COP(=O)(OC)C1CCCN(C(=O)OC2CC(C)CCC2C(C)C)N1C(=O)OC1CC(C)CCC1C(C)C. The number of hydrazine groups is 1. The summed E-state index contributed by atoms with van der Waals surface area (Å²) >= 11 is 0. The molecule has 0 spiro atoms. The number of hydrogen-bond donors (Lipinski definition) is 0. The van der Waals surface area contributed by atoms with Gasteiger partial charge in [-0.1, -0.05) is 54.4 Å². The topological polar surface area (TPSA) is 94.6 Å². The highest BCUT2D eigenvalue weighted by Gasteiger charge is 2.50. The van der Waals surface area contributed by atoms with Crippen molar-refractivity contribution < 1.29 is 32.7 Å². The van der Waals surface area contributed by atoms with Gasteiger partial charge in [-0.05, 0) is 74.0 Å². The molecule has 0 aromatic heterocycles. The van der Waals surface area contributed by atoms with Crippen LogP contribution in [0.1, 0.15) is 92.9 Å². The Morgan fingerprint density at radius 1 is 0.763 bits per heavy atom. The minimum atomic E-state index is -3.75.